The molecule has 0 saturated heterocycles. The molecule has 8 rings (SSSR count). The zero-order chi connectivity index (χ0) is 44.5. The molecule has 4 heterocycles. The van der Waals surface area contributed by atoms with E-state index in [0.717, 1.165) is 21.8 Å². The van der Waals surface area contributed by atoms with Crippen LogP contribution in [0.1, 0.15) is 84.0 Å². The van der Waals surface area contributed by atoms with E-state index >= 15 is 0 Å². The molecule has 0 bridgehead atoms. The summed E-state index contributed by atoms with van der Waals surface area (Å²) in [4.78, 5) is 3.11. The minimum atomic E-state index is -4.68. The van der Waals surface area contributed by atoms with Crippen LogP contribution in [0.2, 0.25) is 20.1 Å². The van der Waals surface area contributed by atoms with Gasteiger partial charge in [-0.25, -0.2) is 9.36 Å². The van der Waals surface area contributed by atoms with E-state index in [0.29, 0.717) is 69.8 Å². The van der Waals surface area contributed by atoms with Crippen molar-refractivity contribution in [1.82, 2.24) is 24.5 Å². The molecule has 330 valence electrons. The first-order chi connectivity index (χ1) is 29.2. The smallest absolute Gasteiger partial charge is 0.306 e. The number of thiophene rings is 2. The van der Waals surface area contributed by atoms with Gasteiger partial charge in [-0.05, 0) is 111 Å². The number of halogens is 10. The van der Waals surface area contributed by atoms with E-state index in [4.69, 9.17) is 46.4 Å². The van der Waals surface area contributed by atoms with Crippen molar-refractivity contribution in [1.29, 1.82) is 0 Å². The van der Waals surface area contributed by atoms with Gasteiger partial charge in [0.05, 0.1) is 65.8 Å². The highest BCUT2D eigenvalue weighted by Crippen LogP contribution is 2.51. The van der Waals surface area contributed by atoms with Crippen LogP contribution in [0.15, 0.2) is 58.1 Å². The van der Waals surface area contributed by atoms with Crippen LogP contribution in [-0.4, -0.2) is 69.9 Å². The Morgan fingerprint density at radius 3 is 1.68 bits per heavy atom. The predicted molar refractivity (Wildman–Crippen MR) is 232 cm³/mol. The predicted octanol–water partition coefficient (Wildman–Crippen LogP) is 13.4. The van der Waals surface area contributed by atoms with Crippen LogP contribution in [-0.2, 0) is 23.0 Å². The number of benzene rings is 2. The summed E-state index contributed by atoms with van der Waals surface area (Å²) in [5.74, 6) is -3.78. The molecule has 6 aromatic rings. The Kier molecular flexibility index (Phi) is 12.7. The molecule has 2 aliphatic carbocycles. The number of aromatic nitrogens is 4. The van der Waals surface area contributed by atoms with E-state index in [2.05, 4.69) is 10.2 Å². The largest absolute Gasteiger partial charge is 0.397 e. The molecule has 0 fully saturated rings. The van der Waals surface area contributed by atoms with Gasteiger partial charge in [0.25, 0.3) is 0 Å². The van der Waals surface area contributed by atoms with E-state index in [1.54, 1.807) is 19.2 Å². The Labute approximate surface area is 380 Å². The Morgan fingerprint density at radius 2 is 1.21 bits per heavy atom. The summed E-state index contributed by atoms with van der Waals surface area (Å²) in [7, 11) is -2.78. The molecule has 2 unspecified atom stereocenters. The van der Waals surface area contributed by atoms with Gasteiger partial charge in [-0.3, -0.25) is 4.55 Å². The molecule has 2 aromatic carbocycles. The minimum absolute atomic E-state index is 0.0281. The van der Waals surface area contributed by atoms with Gasteiger partial charge in [0.1, 0.15) is 4.21 Å². The van der Waals surface area contributed by atoms with Crippen LogP contribution in [0.25, 0.3) is 32.5 Å². The zero-order valence-electron chi connectivity index (χ0n) is 32.4. The molecule has 21 heteroatoms. The normalized spacial score (nSPS) is 14.7. The van der Waals surface area contributed by atoms with E-state index in [-0.39, 0.29) is 74.7 Å². The lowest BCUT2D eigenvalue weighted by atomic mass is 9.93. The Hall–Kier alpha value is -3.13. The first-order valence-electron chi connectivity index (χ1n) is 19.3. The van der Waals surface area contributed by atoms with Crippen molar-refractivity contribution in [3.05, 3.63) is 108 Å². The maximum absolute atomic E-state index is 14.9. The minimum Gasteiger partial charge on any atom is -0.306 e. The van der Waals surface area contributed by atoms with E-state index < -0.39 is 34.3 Å². The van der Waals surface area contributed by atoms with Gasteiger partial charge >= 0.3 is 22.5 Å². The van der Waals surface area contributed by atoms with E-state index in [1.807, 2.05) is 16.3 Å². The maximum Gasteiger partial charge on any atom is 0.397 e. The van der Waals surface area contributed by atoms with E-state index in [1.165, 1.54) is 51.0 Å². The third kappa shape index (κ3) is 8.95. The molecule has 62 heavy (non-hydrogen) atoms. The lowest BCUT2D eigenvalue weighted by Crippen LogP contribution is -2.25. The monoisotopic (exact) mass is 995 g/mol. The molecule has 0 radical (unpaired) electrons. The van der Waals surface area contributed by atoms with Gasteiger partial charge in [-0.2, -0.15) is 45.0 Å². The fourth-order valence-corrected chi connectivity index (χ4v) is 12.3. The van der Waals surface area contributed by atoms with Crippen molar-refractivity contribution in [2.45, 2.75) is 79.8 Å². The number of nitrogens with zero attached hydrogens (tertiary/aromatic N) is 5. The van der Waals surface area contributed by atoms with Gasteiger partial charge in [0.15, 0.2) is 0 Å². The van der Waals surface area contributed by atoms with Crippen LogP contribution < -0.4 is 0 Å². The average Bonchev–Trinajstić information content (AvgIpc) is 4.00. The average molecular weight is 998 g/mol. The van der Waals surface area contributed by atoms with Crippen LogP contribution >= 0.6 is 69.1 Å². The second-order valence-corrected chi connectivity index (χ2v) is 20.8. The summed E-state index contributed by atoms with van der Waals surface area (Å²) < 4.78 is 125. The van der Waals surface area contributed by atoms with Crippen molar-refractivity contribution in [2.75, 3.05) is 20.1 Å². The second-order valence-electron chi connectivity index (χ2n) is 15.4. The molecule has 2 atom stereocenters. The molecule has 4 aromatic heterocycles. The van der Waals surface area contributed by atoms with Crippen LogP contribution in [0, 0.1) is 0 Å². The van der Waals surface area contributed by atoms with Crippen molar-refractivity contribution in [2.24, 2.45) is 0 Å². The standard InChI is InChI=1S/C41H35Cl4F6N5O3S3/c1-54(13-4-2-6-27(40(46,47)48)34-25-16-21-12-15-60-38(21)36(25)55(52-34)31-10-8-23(42)19-29(31)44)14-5-3-7-28(41(49,50)51)35-26-17-22-18-33(62(57,58)59)61-39(22)37(26)56(53-35)32-11-9-24(43)20-30(32)45/h8-12,15,18-20,27-28H,2-7,13-14,16-17H2,1H3,(H,57,58,59). The number of hydrogen-bond donors (Lipinski definition) is 1. The SMILES string of the molecule is CN(CCCCC(c1nn(-c2ccc(Cl)cc2Cl)c2c1Cc1ccsc1-2)C(F)(F)F)CCCCC(c1nn(-c2ccc(Cl)cc2Cl)c2c1Cc1cc(S(=O)(=O)O)sc1-2)C(F)(F)F. The zero-order valence-corrected chi connectivity index (χ0v) is 37.9. The summed E-state index contributed by atoms with van der Waals surface area (Å²) in [6.45, 7) is 0.850. The van der Waals surface area contributed by atoms with Crippen LogP contribution in [0.5, 0.6) is 0 Å². The van der Waals surface area contributed by atoms with Crippen molar-refractivity contribution >= 4 is 79.2 Å². The third-order valence-corrected chi connectivity index (χ3v) is 15.8. The topological polar surface area (TPSA) is 93.3 Å². The second kappa shape index (κ2) is 17.3. The van der Waals surface area contributed by atoms with Gasteiger partial charge in [-0.15, -0.1) is 22.7 Å². The maximum atomic E-state index is 14.9. The summed E-state index contributed by atoms with van der Waals surface area (Å²) in [5.41, 5.74) is 3.50. The molecular formula is C41H35Cl4F6N5O3S3. The number of unbranched alkanes of at least 4 members (excludes halogenated alkanes) is 2. The summed E-state index contributed by atoms with van der Waals surface area (Å²) in [5, 5.41) is 12.0. The lowest BCUT2D eigenvalue weighted by Gasteiger charge is -2.22. The Bertz CT molecular complexity index is 2780. The first kappa shape index (κ1) is 45.4. The van der Waals surface area contributed by atoms with Gasteiger partial charge in [-0.1, -0.05) is 59.2 Å². The molecule has 0 spiro atoms. The van der Waals surface area contributed by atoms with Crippen LogP contribution in [0.3, 0.4) is 0 Å². The molecule has 0 aliphatic heterocycles. The lowest BCUT2D eigenvalue weighted by molar-refractivity contribution is -0.154. The van der Waals surface area contributed by atoms with E-state index in [9.17, 15) is 39.3 Å². The molecule has 1 N–H and O–H groups in total. The molecular weight excluding hydrogens is 962 g/mol. The van der Waals surface area contributed by atoms with Crippen LogP contribution in [0.4, 0.5) is 26.3 Å². The highest BCUT2D eigenvalue weighted by molar-refractivity contribution is 7.88. The molecule has 0 amide bonds. The summed E-state index contributed by atoms with van der Waals surface area (Å²) >= 11 is 27.4. The van der Waals surface area contributed by atoms with Crippen molar-refractivity contribution in [3.8, 4) is 32.5 Å². The van der Waals surface area contributed by atoms with Gasteiger partial charge in [0.2, 0.25) is 0 Å². The fourth-order valence-electron chi connectivity index (χ4n) is 8.37. The number of rotatable bonds is 15. The summed E-state index contributed by atoms with van der Waals surface area (Å²) in [6.07, 6.45) is -8.24. The Morgan fingerprint density at radius 1 is 0.726 bits per heavy atom. The van der Waals surface area contributed by atoms with Crippen molar-refractivity contribution in [3.63, 3.8) is 0 Å². The number of fused-ring (bicyclic) bond motifs is 6. The Balaban J connectivity index is 0.926. The number of hydrogen-bond acceptors (Lipinski definition) is 7. The van der Waals surface area contributed by atoms with Gasteiger partial charge < -0.3 is 4.90 Å². The molecule has 8 nitrogen and oxygen atoms in total. The highest BCUT2D eigenvalue weighted by Gasteiger charge is 2.47. The molecule has 0 saturated carbocycles. The van der Waals surface area contributed by atoms with Crippen molar-refractivity contribution < 1.29 is 39.3 Å². The quantitative estimate of drug-likeness (QED) is 0.0625. The van der Waals surface area contributed by atoms with Gasteiger partial charge in [0, 0.05) is 34.0 Å². The molecule has 2 aliphatic rings. The highest BCUT2D eigenvalue weighted by atomic mass is 35.5. The fraction of sp³-hybridized carbons (Fsp3) is 0.366. The first-order valence-corrected chi connectivity index (χ1v) is 24.0. The number of alkyl halides is 6. The third-order valence-electron chi connectivity index (χ3n) is 11.3. The summed E-state index contributed by atoms with van der Waals surface area (Å²) in [6, 6.07) is 12.4.